The Balaban J connectivity index is 1.89. The predicted octanol–water partition coefficient (Wildman–Crippen LogP) is 4.14. The molecule has 2 N–H and O–H groups in total. The van der Waals surface area contributed by atoms with Crippen LogP contribution in [0.15, 0.2) is 48.5 Å². The Kier molecular flexibility index (Phi) is 8.75. The zero-order valence-electron chi connectivity index (χ0n) is 18.5. The molecule has 0 aliphatic heterocycles. The maximum Gasteiger partial charge on any atom is 0.306 e. The summed E-state index contributed by atoms with van der Waals surface area (Å²) in [5, 5.41) is 5.55. The monoisotopic (exact) mass is 426 g/mol. The quantitative estimate of drug-likeness (QED) is 0.464. The minimum atomic E-state index is -0.453. The molecular weight excluding hydrogens is 396 g/mol. The summed E-state index contributed by atoms with van der Waals surface area (Å²) in [6.45, 7) is 6.83. The highest BCUT2D eigenvalue weighted by Crippen LogP contribution is 2.23. The van der Waals surface area contributed by atoms with E-state index in [2.05, 4.69) is 31.4 Å². The van der Waals surface area contributed by atoms with Crippen molar-refractivity contribution in [3.63, 3.8) is 0 Å². The number of hydrogen-bond donors (Lipinski definition) is 2. The van der Waals surface area contributed by atoms with Crippen molar-refractivity contribution in [2.75, 3.05) is 31.0 Å². The van der Waals surface area contributed by atoms with Gasteiger partial charge in [0.05, 0.1) is 13.0 Å². The molecule has 0 spiro atoms. The molecular formula is C24H30N2O5. The summed E-state index contributed by atoms with van der Waals surface area (Å²) in [4.78, 5) is 36.2. The lowest BCUT2D eigenvalue weighted by atomic mass is 9.87. The number of nitrogens with one attached hydrogen (secondary N) is 2. The first kappa shape index (κ1) is 24.1. The maximum absolute atomic E-state index is 12.5. The fraction of sp³-hybridized carbons (Fsp3) is 0.375. The Morgan fingerprint density at radius 2 is 1.52 bits per heavy atom. The Morgan fingerprint density at radius 1 is 0.871 bits per heavy atom. The second-order valence-electron chi connectivity index (χ2n) is 8.12. The molecule has 0 saturated heterocycles. The number of carbonyl (C=O) groups excluding carboxylic acids is 3. The van der Waals surface area contributed by atoms with Crippen LogP contribution in [0, 0.1) is 0 Å². The van der Waals surface area contributed by atoms with Gasteiger partial charge < -0.3 is 20.1 Å². The number of ether oxygens (including phenoxy) is 2. The third kappa shape index (κ3) is 8.22. The van der Waals surface area contributed by atoms with Crippen LogP contribution in [-0.2, 0) is 24.5 Å². The van der Waals surface area contributed by atoms with Crippen LogP contribution in [-0.4, -0.2) is 38.1 Å². The van der Waals surface area contributed by atoms with Gasteiger partial charge in [-0.15, -0.1) is 0 Å². The van der Waals surface area contributed by atoms with E-state index < -0.39 is 5.97 Å². The molecule has 0 unspecified atom stereocenters. The second kappa shape index (κ2) is 11.3. The summed E-state index contributed by atoms with van der Waals surface area (Å²) in [7, 11) is 1.51. The number of rotatable bonds is 9. The zero-order valence-corrected chi connectivity index (χ0v) is 18.5. The topological polar surface area (TPSA) is 93.7 Å². The molecule has 0 radical (unpaired) electrons. The van der Waals surface area contributed by atoms with E-state index in [0.29, 0.717) is 23.5 Å². The lowest BCUT2D eigenvalue weighted by molar-refractivity contribution is -0.145. The van der Waals surface area contributed by atoms with Gasteiger partial charge in [-0.3, -0.25) is 14.4 Å². The van der Waals surface area contributed by atoms with Crippen LogP contribution in [0.1, 0.15) is 49.5 Å². The van der Waals surface area contributed by atoms with Gasteiger partial charge in [-0.25, -0.2) is 0 Å². The zero-order chi connectivity index (χ0) is 22.9. The van der Waals surface area contributed by atoms with Crippen LogP contribution in [0.3, 0.4) is 0 Å². The van der Waals surface area contributed by atoms with Crippen molar-refractivity contribution in [3.8, 4) is 0 Å². The van der Waals surface area contributed by atoms with E-state index in [4.69, 9.17) is 9.47 Å². The smallest absolute Gasteiger partial charge is 0.306 e. The molecule has 7 heteroatoms. The molecule has 2 aromatic carbocycles. The van der Waals surface area contributed by atoms with E-state index in [1.54, 1.807) is 36.4 Å². The molecule has 2 aromatic rings. The molecule has 2 amide bonds. The van der Waals surface area contributed by atoms with E-state index in [9.17, 15) is 14.4 Å². The molecule has 0 aromatic heterocycles. The molecule has 0 saturated carbocycles. The lowest BCUT2D eigenvalue weighted by Gasteiger charge is -2.19. The average Bonchev–Trinajstić information content (AvgIpc) is 2.72. The number of methoxy groups -OCH3 is 1. The van der Waals surface area contributed by atoms with Gasteiger partial charge in [0.1, 0.15) is 6.61 Å². The molecule has 7 nitrogen and oxygen atoms in total. The number of benzene rings is 2. The maximum atomic E-state index is 12.5. The summed E-state index contributed by atoms with van der Waals surface area (Å²) in [6.07, 6.45) is -0.0148. The van der Waals surface area contributed by atoms with Gasteiger partial charge in [-0.05, 0) is 41.3 Å². The van der Waals surface area contributed by atoms with Gasteiger partial charge in [-0.1, -0.05) is 39.0 Å². The van der Waals surface area contributed by atoms with Crippen LogP contribution in [0.2, 0.25) is 0 Å². The number of amides is 2. The molecule has 2 rings (SSSR count). The normalized spacial score (nSPS) is 11.0. The number of hydrogen-bond acceptors (Lipinski definition) is 5. The summed E-state index contributed by atoms with van der Waals surface area (Å²) in [5.41, 5.74) is 2.80. The number of anilines is 2. The SMILES string of the molecule is COCCOC(=O)CCC(=O)Nc1cccc(NC(=O)c2ccc(C(C)(C)C)cc2)c1. The minimum absolute atomic E-state index is 0.00251. The van der Waals surface area contributed by atoms with Crippen molar-refractivity contribution in [1.29, 1.82) is 0 Å². The summed E-state index contributed by atoms with van der Waals surface area (Å²) < 4.78 is 9.72. The molecule has 0 heterocycles. The van der Waals surface area contributed by atoms with Gasteiger partial charge in [0.2, 0.25) is 5.91 Å². The van der Waals surface area contributed by atoms with Gasteiger partial charge in [0, 0.05) is 30.5 Å². The van der Waals surface area contributed by atoms with E-state index in [1.165, 1.54) is 7.11 Å². The standard InChI is InChI=1S/C24H30N2O5/c1-24(2,3)18-10-8-17(9-11-18)23(29)26-20-7-5-6-19(16-20)25-21(27)12-13-22(28)31-15-14-30-4/h5-11,16H,12-15H2,1-4H3,(H,25,27)(H,26,29). The first-order valence-electron chi connectivity index (χ1n) is 10.2. The van der Waals surface area contributed by atoms with Crippen LogP contribution in [0.5, 0.6) is 0 Å². The van der Waals surface area contributed by atoms with E-state index in [0.717, 1.165) is 5.56 Å². The predicted molar refractivity (Wildman–Crippen MR) is 120 cm³/mol. The first-order chi connectivity index (χ1) is 14.7. The Hall–Kier alpha value is -3.19. The number of carbonyl (C=O) groups is 3. The molecule has 0 aliphatic carbocycles. The van der Waals surface area contributed by atoms with Crippen molar-refractivity contribution in [2.24, 2.45) is 0 Å². The summed E-state index contributed by atoms with van der Waals surface area (Å²) in [6, 6.07) is 14.3. The third-order valence-electron chi connectivity index (χ3n) is 4.52. The fourth-order valence-electron chi connectivity index (χ4n) is 2.75. The van der Waals surface area contributed by atoms with E-state index in [1.807, 2.05) is 12.1 Å². The van der Waals surface area contributed by atoms with Gasteiger partial charge >= 0.3 is 5.97 Å². The highest BCUT2D eigenvalue weighted by Gasteiger charge is 2.14. The summed E-state index contributed by atoms with van der Waals surface area (Å²) >= 11 is 0. The van der Waals surface area contributed by atoms with Crippen LogP contribution < -0.4 is 10.6 Å². The minimum Gasteiger partial charge on any atom is -0.463 e. The van der Waals surface area contributed by atoms with Crippen molar-refractivity contribution in [2.45, 2.75) is 39.0 Å². The second-order valence-corrected chi connectivity index (χ2v) is 8.12. The average molecular weight is 427 g/mol. The van der Waals surface area contributed by atoms with Crippen molar-refractivity contribution >= 4 is 29.2 Å². The Morgan fingerprint density at radius 3 is 2.13 bits per heavy atom. The molecule has 166 valence electrons. The van der Waals surface area contributed by atoms with Crippen molar-refractivity contribution in [3.05, 3.63) is 59.7 Å². The number of esters is 1. The third-order valence-corrected chi connectivity index (χ3v) is 4.52. The fourth-order valence-corrected chi connectivity index (χ4v) is 2.75. The highest BCUT2D eigenvalue weighted by molar-refractivity contribution is 6.04. The van der Waals surface area contributed by atoms with Crippen molar-refractivity contribution < 1.29 is 23.9 Å². The van der Waals surface area contributed by atoms with Gasteiger partial charge in [-0.2, -0.15) is 0 Å². The van der Waals surface area contributed by atoms with Crippen LogP contribution >= 0.6 is 0 Å². The van der Waals surface area contributed by atoms with E-state index >= 15 is 0 Å². The first-order valence-corrected chi connectivity index (χ1v) is 10.2. The van der Waals surface area contributed by atoms with Crippen molar-refractivity contribution in [1.82, 2.24) is 0 Å². The van der Waals surface area contributed by atoms with Gasteiger partial charge in [0.25, 0.3) is 5.91 Å². The largest absolute Gasteiger partial charge is 0.463 e. The van der Waals surface area contributed by atoms with Crippen LogP contribution in [0.25, 0.3) is 0 Å². The summed E-state index contributed by atoms with van der Waals surface area (Å²) in [5.74, 6) is -1.00. The molecule has 0 fully saturated rings. The lowest BCUT2D eigenvalue weighted by Crippen LogP contribution is -2.16. The van der Waals surface area contributed by atoms with E-state index in [-0.39, 0.29) is 36.7 Å². The Bertz CT molecular complexity index is 901. The molecule has 31 heavy (non-hydrogen) atoms. The van der Waals surface area contributed by atoms with Crippen LogP contribution in [0.4, 0.5) is 11.4 Å². The molecule has 0 bridgehead atoms. The van der Waals surface area contributed by atoms with Gasteiger partial charge in [0.15, 0.2) is 0 Å². The molecule has 0 aliphatic rings. The molecule has 0 atom stereocenters. The highest BCUT2D eigenvalue weighted by atomic mass is 16.6. The Labute approximate surface area is 183 Å².